The Hall–Kier alpha value is -2.69. The Bertz CT molecular complexity index is 677. The second kappa shape index (κ2) is 5.52. The molecule has 2 aromatic heterocycles. The molecule has 2 heterocycles. The van der Waals surface area contributed by atoms with Crippen LogP contribution in [0.1, 0.15) is 11.6 Å². The first-order chi connectivity index (χ1) is 9.81. The molecule has 0 radical (unpaired) electrons. The summed E-state index contributed by atoms with van der Waals surface area (Å²) >= 11 is 0. The largest absolute Gasteiger partial charge is 0.449 e. The normalized spacial score (nSPS) is 10.4. The molecule has 3 rings (SSSR count). The highest BCUT2D eigenvalue weighted by Gasteiger charge is 2.03. The molecular formula is C15H14N4O. The van der Waals surface area contributed by atoms with Gasteiger partial charge in [0.1, 0.15) is 18.3 Å². The van der Waals surface area contributed by atoms with E-state index in [1.54, 1.807) is 18.8 Å². The zero-order valence-corrected chi connectivity index (χ0v) is 11.1. The van der Waals surface area contributed by atoms with Gasteiger partial charge in [-0.15, -0.1) is 0 Å². The van der Waals surface area contributed by atoms with E-state index in [1.807, 2.05) is 37.3 Å². The zero-order valence-electron chi connectivity index (χ0n) is 11.1. The number of aromatic nitrogens is 3. The molecule has 0 aliphatic heterocycles. The summed E-state index contributed by atoms with van der Waals surface area (Å²) < 4.78 is 5.21. The number of hydrogen-bond donors (Lipinski definition) is 1. The standard InChI is InChI=1S/C15H14N4O/c1-11-19-15(9-20-11)12-2-4-13(5-3-12)17-8-14-6-7-16-10-18-14/h2-7,9-10,17H,8H2,1H3. The number of nitrogens with zero attached hydrogens (tertiary/aromatic N) is 3. The SMILES string of the molecule is Cc1nc(-c2ccc(NCc3ccncn3)cc2)co1. The molecule has 1 N–H and O–H groups in total. The van der Waals surface area contributed by atoms with E-state index in [0.29, 0.717) is 12.4 Å². The van der Waals surface area contributed by atoms with Gasteiger partial charge < -0.3 is 9.73 Å². The molecule has 20 heavy (non-hydrogen) atoms. The third-order valence-corrected chi connectivity index (χ3v) is 2.92. The van der Waals surface area contributed by atoms with Crippen molar-refractivity contribution in [2.75, 3.05) is 5.32 Å². The Kier molecular flexibility index (Phi) is 3.41. The van der Waals surface area contributed by atoms with Crippen molar-refractivity contribution in [1.82, 2.24) is 15.0 Å². The van der Waals surface area contributed by atoms with E-state index in [2.05, 4.69) is 20.3 Å². The lowest BCUT2D eigenvalue weighted by atomic mass is 10.1. The highest BCUT2D eigenvalue weighted by molar-refractivity contribution is 5.61. The number of anilines is 1. The van der Waals surface area contributed by atoms with E-state index in [9.17, 15) is 0 Å². The molecule has 5 nitrogen and oxygen atoms in total. The molecule has 0 spiro atoms. The molecule has 3 aromatic rings. The number of rotatable bonds is 4. The van der Waals surface area contributed by atoms with E-state index >= 15 is 0 Å². The van der Waals surface area contributed by atoms with Gasteiger partial charge in [-0.25, -0.2) is 15.0 Å². The molecular weight excluding hydrogens is 252 g/mol. The topological polar surface area (TPSA) is 63.8 Å². The van der Waals surface area contributed by atoms with Gasteiger partial charge in [-0.05, 0) is 18.2 Å². The summed E-state index contributed by atoms with van der Waals surface area (Å²) in [4.78, 5) is 12.4. The highest BCUT2D eigenvalue weighted by atomic mass is 16.3. The van der Waals surface area contributed by atoms with Crippen molar-refractivity contribution in [2.45, 2.75) is 13.5 Å². The van der Waals surface area contributed by atoms with Crippen molar-refractivity contribution in [3.8, 4) is 11.3 Å². The minimum atomic E-state index is 0.672. The summed E-state index contributed by atoms with van der Waals surface area (Å²) in [5.74, 6) is 0.672. The number of benzene rings is 1. The molecule has 0 amide bonds. The van der Waals surface area contributed by atoms with Crippen molar-refractivity contribution in [3.63, 3.8) is 0 Å². The van der Waals surface area contributed by atoms with Crippen LogP contribution in [0.15, 0.2) is 53.5 Å². The van der Waals surface area contributed by atoms with Gasteiger partial charge in [-0.2, -0.15) is 0 Å². The number of hydrogen-bond acceptors (Lipinski definition) is 5. The van der Waals surface area contributed by atoms with Gasteiger partial charge in [-0.1, -0.05) is 12.1 Å². The van der Waals surface area contributed by atoms with Crippen LogP contribution in [0.4, 0.5) is 5.69 Å². The third-order valence-electron chi connectivity index (χ3n) is 2.92. The predicted octanol–water partition coefficient (Wildman–Crippen LogP) is 3.05. The molecule has 0 unspecified atom stereocenters. The van der Waals surface area contributed by atoms with Crippen LogP contribution in [0.5, 0.6) is 0 Å². The molecule has 0 fully saturated rings. The van der Waals surface area contributed by atoms with E-state index < -0.39 is 0 Å². The fraction of sp³-hybridized carbons (Fsp3) is 0.133. The summed E-state index contributed by atoms with van der Waals surface area (Å²) in [6.45, 7) is 2.51. The monoisotopic (exact) mass is 266 g/mol. The summed E-state index contributed by atoms with van der Waals surface area (Å²) in [6.07, 6.45) is 4.95. The summed E-state index contributed by atoms with van der Waals surface area (Å²) in [5, 5.41) is 3.31. The van der Waals surface area contributed by atoms with Crippen LogP contribution in [-0.2, 0) is 6.54 Å². The van der Waals surface area contributed by atoms with Crippen LogP contribution < -0.4 is 5.32 Å². The average Bonchev–Trinajstić information content (AvgIpc) is 2.93. The van der Waals surface area contributed by atoms with Gasteiger partial charge in [0.05, 0.1) is 12.2 Å². The molecule has 0 bridgehead atoms. The molecule has 100 valence electrons. The van der Waals surface area contributed by atoms with Crippen LogP contribution in [0.2, 0.25) is 0 Å². The highest BCUT2D eigenvalue weighted by Crippen LogP contribution is 2.20. The van der Waals surface area contributed by atoms with E-state index in [4.69, 9.17) is 4.42 Å². The van der Waals surface area contributed by atoms with Crippen LogP contribution in [0.25, 0.3) is 11.3 Å². The predicted molar refractivity (Wildman–Crippen MR) is 76.0 cm³/mol. The summed E-state index contributed by atoms with van der Waals surface area (Å²) in [6, 6.07) is 9.94. The second-order valence-electron chi connectivity index (χ2n) is 4.38. The zero-order chi connectivity index (χ0) is 13.8. The van der Waals surface area contributed by atoms with Gasteiger partial charge in [0.2, 0.25) is 0 Å². The third kappa shape index (κ3) is 2.83. The first kappa shape index (κ1) is 12.3. The fourth-order valence-electron chi connectivity index (χ4n) is 1.87. The molecule has 0 saturated heterocycles. The van der Waals surface area contributed by atoms with E-state index in [0.717, 1.165) is 22.6 Å². The maximum atomic E-state index is 5.21. The summed E-state index contributed by atoms with van der Waals surface area (Å²) in [5.41, 5.74) is 3.88. The van der Waals surface area contributed by atoms with Crippen molar-refractivity contribution in [3.05, 3.63) is 60.7 Å². The summed E-state index contributed by atoms with van der Waals surface area (Å²) in [7, 11) is 0. The van der Waals surface area contributed by atoms with Crippen LogP contribution >= 0.6 is 0 Å². The molecule has 0 aliphatic carbocycles. The first-order valence-corrected chi connectivity index (χ1v) is 6.32. The maximum absolute atomic E-state index is 5.21. The lowest BCUT2D eigenvalue weighted by Gasteiger charge is -2.06. The molecule has 0 saturated carbocycles. The Labute approximate surface area is 116 Å². The van der Waals surface area contributed by atoms with E-state index in [1.165, 1.54) is 0 Å². The number of nitrogens with one attached hydrogen (secondary N) is 1. The van der Waals surface area contributed by atoms with Crippen molar-refractivity contribution in [2.24, 2.45) is 0 Å². The second-order valence-corrected chi connectivity index (χ2v) is 4.38. The van der Waals surface area contributed by atoms with Gasteiger partial charge in [-0.3, -0.25) is 0 Å². The molecule has 1 aromatic carbocycles. The van der Waals surface area contributed by atoms with Gasteiger partial charge in [0.15, 0.2) is 5.89 Å². The van der Waals surface area contributed by atoms with Crippen LogP contribution in [-0.4, -0.2) is 15.0 Å². The number of oxazole rings is 1. The van der Waals surface area contributed by atoms with Crippen LogP contribution in [0, 0.1) is 6.92 Å². The smallest absolute Gasteiger partial charge is 0.191 e. The van der Waals surface area contributed by atoms with E-state index in [-0.39, 0.29) is 0 Å². The average molecular weight is 266 g/mol. The van der Waals surface area contributed by atoms with Crippen molar-refractivity contribution >= 4 is 5.69 Å². The van der Waals surface area contributed by atoms with Crippen molar-refractivity contribution < 1.29 is 4.42 Å². The minimum absolute atomic E-state index is 0.672. The lowest BCUT2D eigenvalue weighted by Crippen LogP contribution is -2.01. The molecule has 0 aliphatic rings. The molecule has 5 heteroatoms. The fourth-order valence-corrected chi connectivity index (χ4v) is 1.87. The Morgan fingerprint density at radius 2 is 2.00 bits per heavy atom. The Balaban J connectivity index is 1.67. The minimum Gasteiger partial charge on any atom is -0.449 e. The van der Waals surface area contributed by atoms with Crippen molar-refractivity contribution in [1.29, 1.82) is 0 Å². The van der Waals surface area contributed by atoms with Gasteiger partial charge in [0, 0.05) is 24.4 Å². The number of aryl methyl sites for hydroxylation is 1. The molecule has 0 atom stereocenters. The first-order valence-electron chi connectivity index (χ1n) is 6.32. The maximum Gasteiger partial charge on any atom is 0.191 e. The van der Waals surface area contributed by atoms with Gasteiger partial charge >= 0.3 is 0 Å². The van der Waals surface area contributed by atoms with Gasteiger partial charge in [0.25, 0.3) is 0 Å². The van der Waals surface area contributed by atoms with Crippen LogP contribution in [0.3, 0.4) is 0 Å². The Morgan fingerprint density at radius 3 is 2.65 bits per heavy atom. The quantitative estimate of drug-likeness (QED) is 0.786. The lowest BCUT2D eigenvalue weighted by molar-refractivity contribution is 0.521. The Morgan fingerprint density at radius 1 is 1.15 bits per heavy atom.